The fourth-order valence-electron chi connectivity index (χ4n) is 7.26. The Labute approximate surface area is 227 Å². The fraction of sp³-hybridized carbons (Fsp3) is 0.433. The minimum Gasteiger partial charge on any atom is -0.506 e. The summed E-state index contributed by atoms with van der Waals surface area (Å²) in [5.41, 5.74) is 1.66. The van der Waals surface area contributed by atoms with Crippen LogP contribution in [0.3, 0.4) is 0 Å². The molecular formula is C30H36N5O4+. The van der Waals surface area contributed by atoms with Gasteiger partial charge in [-0.05, 0) is 50.7 Å². The van der Waals surface area contributed by atoms with Gasteiger partial charge in [0.05, 0.1) is 17.7 Å². The zero-order valence-corrected chi connectivity index (χ0v) is 23.0. The van der Waals surface area contributed by atoms with Crippen molar-refractivity contribution in [3.63, 3.8) is 0 Å². The SMILES string of the molecule is C#[N+]C12CCC(N(C)C)C1(C=C)CN(Cc1cc3cc(-c4[nH]c(=O)c(C(=O)O)c(O)c4CC)ccc3n1C)C2. The van der Waals surface area contributed by atoms with Gasteiger partial charge in [-0.25, -0.2) is 4.79 Å². The van der Waals surface area contributed by atoms with Crippen LogP contribution in [-0.4, -0.2) is 74.3 Å². The zero-order chi connectivity index (χ0) is 28.3. The van der Waals surface area contributed by atoms with Gasteiger partial charge in [0, 0.05) is 54.8 Å². The third-order valence-electron chi connectivity index (χ3n) is 9.17. The standard InChI is InChI=1S/C30H35N5O4/c1-7-21-25(32-27(37)24(26(21)36)28(38)39)18-9-10-22-19(13-18)14-20(34(22)6)15-35-16-29(8-2)23(33(4)5)11-12-30(29,17-35)31-3/h3,8-10,13-14,23H,2,7,11-12,15-17H2,1,4-6H3,(H2-,32,36,37,38,39)/p+1. The Kier molecular flexibility index (Phi) is 6.44. The lowest BCUT2D eigenvalue weighted by atomic mass is 9.72. The van der Waals surface area contributed by atoms with Crippen LogP contribution in [-0.2, 0) is 20.0 Å². The Bertz CT molecular complexity index is 1600. The Morgan fingerprint density at radius 2 is 2.08 bits per heavy atom. The van der Waals surface area contributed by atoms with Crippen LogP contribution in [0.2, 0.25) is 0 Å². The van der Waals surface area contributed by atoms with Gasteiger partial charge >= 0.3 is 11.5 Å². The molecule has 0 radical (unpaired) electrons. The van der Waals surface area contributed by atoms with Crippen molar-refractivity contribution in [2.75, 3.05) is 27.2 Å². The van der Waals surface area contributed by atoms with Crippen LogP contribution in [0.25, 0.3) is 27.0 Å². The highest BCUT2D eigenvalue weighted by atomic mass is 16.4. The molecule has 1 saturated heterocycles. The number of hydrogen-bond donors (Lipinski definition) is 3. The number of carboxylic acids is 1. The molecule has 2 fully saturated rings. The molecule has 3 atom stereocenters. The number of aromatic nitrogens is 2. The fourth-order valence-corrected chi connectivity index (χ4v) is 7.26. The normalized spacial score (nSPS) is 24.8. The summed E-state index contributed by atoms with van der Waals surface area (Å²) >= 11 is 0. The van der Waals surface area contributed by atoms with Gasteiger partial charge in [0.2, 0.25) is 0 Å². The zero-order valence-electron chi connectivity index (χ0n) is 23.0. The first-order chi connectivity index (χ1) is 18.5. The smallest absolute Gasteiger partial charge is 0.345 e. The van der Waals surface area contributed by atoms with Gasteiger partial charge in [0.15, 0.2) is 5.56 Å². The molecule has 1 aromatic carbocycles. The summed E-state index contributed by atoms with van der Waals surface area (Å²) in [4.78, 5) is 35.8. The highest BCUT2D eigenvalue weighted by Gasteiger charge is 2.71. The molecule has 0 amide bonds. The Balaban J connectivity index is 1.50. The van der Waals surface area contributed by atoms with E-state index >= 15 is 0 Å². The Hall–Kier alpha value is -3.87. The van der Waals surface area contributed by atoms with Crippen molar-refractivity contribution in [1.82, 2.24) is 19.4 Å². The number of nitrogens with zero attached hydrogens (tertiary/aromatic N) is 4. The van der Waals surface area contributed by atoms with Crippen LogP contribution < -0.4 is 5.56 Å². The van der Waals surface area contributed by atoms with E-state index in [1.54, 1.807) is 0 Å². The van der Waals surface area contributed by atoms with E-state index in [0.29, 0.717) is 29.3 Å². The topological polar surface area (TPSA) is 106 Å². The molecule has 0 spiro atoms. The maximum absolute atomic E-state index is 12.5. The van der Waals surface area contributed by atoms with Crippen LogP contribution in [0.5, 0.6) is 5.75 Å². The summed E-state index contributed by atoms with van der Waals surface area (Å²) in [6.45, 7) is 14.4. The lowest BCUT2D eigenvalue weighted by molar-refractivity contribution is 0.0691. The summed E-state index contributed by atoms with van der Waals surface area (Å²) in [6.07, 6.45) is 4.40. The van der Waals surface area contributed by atoms with Gasteiger partial charge in [-0.1, -0.05) is 23.9 Å². The first kappa shape index (κ1) is 26.7. The van der Waals surface area contributed by atoms with Crippen molar-refractivity contribution in [1.29, 1.82) is 0 Å². The number of fused-ring (bicyclic) bond motifs is 2. The molecule has 3 heterocycles. The average Bonchev–Trinajstić information content (AvgIpc) is 3.49. The van der Waals surface area contributed by atoms with Crippen LogP contribution in [0.4, 0.5) is 0 Å². The van der Waals surface area contributed by atoms with Crippen molar-refractivity contribution < 1.29 is 15.0 Å². The van der Waals surface area contributed by atoms with E-state index in [1.165, 1.54) is 0 Å². The van der Waals surface area contributed by atoms with Crippen molar-refractivity contribution in [2.45, 2.75) is 44.3 Å². The van der Waals surface area contributed by atoms with Crippen LogP contribution in [0.1, 0.15) is 41.4 Å². The lowest BCUT2D eigenvalue weighted by Crippen LogP contribution is -2.49. The molecule has 204 valence electrons. The number of H-pyrrole nitrogens is 1. The second-order valence-electron chi connectivity index (χ2n) is 11.2. The molecule has 5 rings (SSSR count). The molecule has 1 aliphatic heterocycles. The quantitative estimate of drug-likeness (QED) is 0.400. The van der Waals surface area contributed by atoms with Crippen molar-refractivity contribution >= 4 is 16.9 Å². The third kappa shape index (κ3) is 3.81. The number of carbonyl (C=O) groups is 1. The van der Waals surface area contributed by atoms with Crippen molar-refractivity contribution in [3.05, 3.63) is 68.9 Å². The number of rotatable bonds is 7. The number of carboxylic acid groups (broad SMARTS) is 1. The molecular weight excluding hydrogens is 494 g/mol. The van der Waals surface area contributed by atoms with Gasteiger partial charge in [0.25, 0.3) is 12.1 Å². The third-order valence-corrected chi connectivity index (χ3v) is 9.17. The minimum absolute atomic E-state index is 0.213. The predicted octanol–water partition coefficient (Wildman–Crippen LogP) is 3.91. The molecule has 3 unspecified atom stereocenters. The van der Waals surface area contributed by atoms with Gasteiger partial charge in [-0.3, -0.25) is 9.69 Å². The molecule has 9 heteroatoms. The van der Waals surface area contributed by atoms with E-state index in [2.05, 4.69) is 57.0 Å². The van der Waals surface area contributed by atoms with Gasteiger partial charge in [0.1, 0.15) is 5.75 Å². The second kappa shape index (κ2) is 9.40. The van der Waals surface area contributed by atoms with E-state index in [-0.39, 0.29) is 11.0 Å². The molecule has 39 heavy (non-hydrogen) atoms. The average molecular weight is 531 g/mol. The van der Waals surface area contributed by atoms with E-state index in [4.69, 9.17) is 6.57 Å². The first-order valence-electron chi connectivity index (χ1n) is 13.3. The molecule has 3 aromatic rings. The van der Waals surface area contributed by atoms with Gasteiger partial charge in [-0.2, -0.15) is 0 Å². The van der Waals surface area contributed by atoms with Crippen molar-refractivity contribution in [2.24, 2.45) is 12.5 Å². The number of aryl methyl sites for hydroxylation is 1. The largest absolute Gasteiger partial charge is 0.506 e. The summed E-state index contributed by atoms with van der Waals surface area (Å²) < 4.78 is 2.16. The number of nitrogens with one attached hydrogen (secondary N) is 1. The lowest BCUT2D eigenvalue weighted by Gasteiger charge is -2.35. The molecule has 3 N–H and O–H groups in total. The number of benzene rings is 1. The predicted molar refractivity (Wildman–Crippen MR) is 153 cm³/mol. The maximum Gasteiger partial charge on any atom is 0.345 e. The number of aromatic carboxylic acids is 1. The number of hydrogen-bond acceptors (Lipinski definition) is 5. The molecule has 1 aliphatic carbocycles. The molecule has 0 bridgehead atoms. The van der Waals surface area contributed by atoms with Crippen LogP contribution in [0.15, 0.2) is 41.7 Å². The summed E-state index contributed by atoms with van der Waals surface area (Å²) in [6, 6.07) is 8.29. The second-order valence-corrected chi connectivity index (χ2v) is 11.2. The molecule has 9 nitrogen and oxygen atoms in total. The Morgan fingerprint density at radius 3 is 2.69 bits per heavy atom. The first-order valence-corrected chi connectivity index (χ1v) is 13.3. The molecule has 2 aliphatic rings. The van der Waals surface area contributed by atoms with E-state index < -0.39 is 22.8 Å². The highest BCUT2D eigenvalue weighted by Crippen LogP contribution is 2.56. The Morgan fingerprint density at radius 1 is 1.33 bits per heavy atom. The monoisotopic (exact) mass is 530 g/mol. The number of aromatic hydroxyl groups is 1. The van der Waals surface area contributed by atoms with Gasteiger partial charge in [-0.15, -0.1) is 6.58 Å². The van der Waals surface area contributed by atoms with E-state index in [0.717, 1.165) is 49.1 Å². The number of aromatic amines is 1. The number of likely N-dealkylation sites (tertiary alicyclic amines) is 1. The van der Waals surface area contributed by atoms with Crippen LogP contribution in [0, 0.1) is 12.0 Å². The molecule has 1 saturated carbocycles. The van der Waals surface area contributed by atoms with Crippen LogP contribution >= 0.6 is 0 Å². The van der Waals surface area contributed by atoms with Gasteiger partial charge < -0.3 is 24.7 Å². The number of pyridine rings is 1. The highest BCUT2D eigenvalue weighted by molar-refractivity contribution is 5.92. The maximum atomic E-state index is 12.5. The summed E-state index contributed by atoms with van der Waals surface area (Å²) in [7, 11) is 6.26. The summed E-state index contributed by atoms with van der Waals surface area (Å²) in [5.74, 6) is -1.94. The van der Waals surface area contributed by atoms with E-state index in [9.17, 15) is 19.8 Å². The molecule has 2 aromatic heterocycles. The minimum atomic E-state index is -1.46. The van der Waals surface area contributed by atoms with Crippen molar-refractivity contribution in [3.8, 4) is 23.6 Å². The summed E-state index contributed by atoms with van der Waals surface area (Å²) in [5, 5.41) is 20.9. The van der Waals surface area contributed by atoms with E-state index in [1.807, 2.05) is 32.2 Å².